The second-order valence-electron chi connectivity index (χ2n) is 9.62. The monoisotopic (exact) mass is 432 g/mol. The van der Waals surface area contributed by atoms with Crippen molar-refractivity contribution in [1.82, 2.24) is 5.43 Å². The Labute approximate surface area is 190 Å². The quantitative estimate of drug-likeness (QED) is 0.197. The van der Waals surface area contributed by atoms with Crippen LogP contribution in [0.1, 0.15) is 52.7 Å². The van der Waals surface area contributed by atoms with Gasteiger partial charge in [-0.15, -0.1) is 0 Å². The van der Waals surface area contributed by atoms with Crippen LogP contribution in [0.25, 0.3) is 0 Å². The maximum absolute atomic E-state index is 12.7. The molecule has 32 heavy (non-hydrogen) atoms. The average Bonchev–Trinajstić information content (AvgIpc) is 2.73. The molecule has 5 heteroatoms. The number of rotatable bonds is 7. The van der Waals surface area contributed by atoms with Gasteiger partial charge in [0, 0.05) is 34.1 Å². The fourth-order valence-electron chi connectivity index (χ4n) is 2.53. The van der Waals surface area contributed by atoms with Crippen molar-refractivity contribution in [2.24, 2.45) is 15.9 Å². The molecule has 2 aromatic rings. The molecule has 0 aromatic heterocycles. The Hall–Kier alpha value is -3.47. The lowest BCUT2D eigenvalue weighted by Gasteiger charge is -2.17. The molecule has 2 N–H and O–H groups in total. The first-order valence-electron chi connectivity index (χ1n) is 10.6. The van der Waals surface area contributed by atoms with E-state index in [9.17, 15) is 14.7 Å². The van der Waals surface area contributed by atoms with Crippen molar-refractivity contribution in [3.63, 3.8) is 0 Å². The highest BCUT2D eigenvalue weighted by molar-refractivity contribution is 6.12. The molecule has 0 aliphatic carbocycles. The summed E-state index contributed by atoms with van der Waals surface area (Å²) in [4.78, 5) is 25.1. The second kappa shape index (κ2) is 10.2. The number of nitrogens with one attached hydrogen (secondary N) is 1. The summed E-state index contributed by atoms with van der Waals surface area (Å²) in [5, 5.41) is 15.2. The molecule has 0 bridgehead atoms. The molecule has 5 nitrogen and oxygen atoms in total. The molecule has 0 spiro atoms. The van der Waals surface area contributed by atoms with Gasteiger partial charge in [-0.05, 0) is 0 Å². The predicted octanol–water partition coefficient (Wildman–Crippen LogP) is 5.58. The minimum Gasteiger partial charge on any atom is -0.506 e. The molecule has 0 heterocycles. The van der Waals surface area contributed by atoms with Gasteiger partial charge in [-0.2, -0.15) is 5.10 Å². The van der Waals surface area contributed by atoms with E-state index in [1.807, 2.05) is 60.7 Å². The highest BCUT2D eigenvalue weighted by Gasteiger charge is 2.23. The zero-order chi connectivity index (χ0) is 23.9. The number of aliphatic hydroxyl groups is 1. The molecule has 2 rings (SSSR count). The van der Waals surface area contributed by atoms with E-state index in [2.05, 4.69) is 10.5 Å². The molecule has 0 fully saturated rings. The van der Waals surface area contributed by atoms with E-state index in [1.54, 1.807) is 41.5 Å². The van der Waals surface area contributed by atoms with Crippen molar-refractivity contribution in [1.29, 1.82) is 0 Å². The van der Waals surface area contributed by atoms with Crippen LogP contribution in [0, 0.1) is 10.8 Å². The molecule has 0 radical (unpaired) electrons. The summed E-state index contributed by atoms with van der Waals surface area (Å²) in [5.74, 6) is -0.813. The maximum Gasteiger partial charge on any atom is 0.164 e. The van der Waals surface area contributed by atoms with E-state index in [-0.39, 0.29) is 23.0 Å². The van der Waals surface area contributed by atoms with Crippen molar-refractivity contribution in [3.05, 3.63) is 95.4 Å². The molecule has 0 aliphatic heterocycles. The molecule has 2 aromatic carbocycles. The van der Waals surface area contributed by atoms with Gasteiger partial charge >= 0.3 is 0 Å². The van der Waals surface area contributed by atoms with Gasteiger partial charge in [-0.25, -0.2) is 0 Å². The maximum atomic E-state index is 12.7. The Bertz CT molecular complexity index is 994. The predicted molar refractivity (Wildman–Crippen MR) is 129 cm³/mol. The van der Waals surface area contributed by atoms with Crippen LogP contribution in [-0.2, 0) is 9.59 Å². The topological polar surface area (TPSA) is 78.8 Å². The first kappa shape index (κ1) is 24.8. The number of ketones is 2. The molecule has 0 aliphatic rings. The summed E-state index contributed by atoms with van der Waals surface area (Å²) < 4.78 is 0. The van der Waals surface area contributed by atoms with Crippen LogP contribution < -0.4 is 5.43 Å². The highest BCUT2D eigenvalue weighted by atomic mass is 16.3. The number of carbonyl (C=O) groups excluding carboxylic acids is 2. The number of benzene rings is 2. The zero-order valence-electron chi connectivity index (χ0n) is 19.6. The van der Waals surface area contributed by atoms with E-state index in [1.165, 1.54) is 6.08 Å². The first-order chi connectivity index (χ1) is 14.9. The fourth-order valence-corrected chi connectivity index (χ4v) is 2.53. The fraction of sp³-hybridized carbons (Fsp3) is 0.296. The molecule has 0 amide bonds. The average molecular weight is 433 g/mol. The number of allylic oxidation sites excluding steroid dienone is 2. The van der Waals surface area contributed by atoms with E-state index < -0.39 is 10.8 Å². The van der Waals surface area contributed by atoms with Crippen molar-refractivity contribution < 1.29 is 14.7 Å². The van der Waals surface area contributed by atoms with Crippen LogP contribution >= 0.6 is 0 Å². The Balaban J connectivity index is 2.54. The highest BCUT2D eigenvalue weighted by Crippen LogP contribution is 2.20. The molecular formula is C27H32N2O3. The van der Waals surface area contributed by atoms with E-state index in [0.717, 1.165) is 17.2 Å². The van der Waals surface area contributed by atoms with Gasteiger partial charge < -0.3 is 5.11 Å². The smallest absolute Gasteiger partial charge is 0.164 e. The minimum absolute atomic E-state index is 0.0619. The van der Waals surface area contributed by atoms with Crippen LogP contribution in [0.15, 0.2) is 89.4 Å². The van der Waals surface area contributed by atoms with Crippen LogP contribution in [-0.4, -0.2) is 22.4 Å². The van der Waals surface area contributed by atoms with Crippen LogP contribution in [0.2, 0.25) is 0 Å². The Morgan fingerprint density at radius 1 is 0.750 bits per heavy atom. The van der Waals surface area contributed by atoms with E-state index in [4.69, 9.17) is 0 Å². The van der Waals surface area contributed by atoms with Crippen molar-refractivity contribution in [2.75, 3.05) is 0 Å². The number of hydrazone groups is 1. The van der Waals surface area contributed by atoms with Gasteiger partial charge in [0.25, 0.3) is 0 Å². The SMILES string of the molecule is CC(C)(C)C(=O)C=C(O)C(=CC(=O)C(C)(C)C)NN=C(c1ccccc1)c1ccccc1. The standard InChI is InChI=1S/C27H32N2O3/c1-26(2,3)23(31)17-21(22(30)18-24(32)27(4,5)6)28-29-25(19-13-9-7-10-14-19)20-15-11-8-12-16-20/h7-18,28,30H,1-6H3. The normalized spacial score (nSPS) is 12.8. The summed E-state index contributed by atoms with van der Waals surface area (Å²) in [6.45, 7) is 10.6. The summed E-state index contributed by atoms with van der Waals surface area (Å²) in [5.41, 5.74) is 3.93. The third-order valence-electron chi connectivity index (χ3n) is 4.68. The van der Waals surface area contributed by atoms with Gasteiger partial charge in [-0.1, -0.05) is 102 Å². The number of carbonyl (C=O) groups is 2. The summed E-state index contributed by atoms with van der Waals surface area (Å²) >= 11 is 0. The van der Waals surface area contributed by atoms with Crippen LogP contribution in [0.4, 0.5) is 0 Å². The molecular weight excluding hydrogens is 400 g/mol. The van der Waals surface area contributed by atoms with E-state index >= 15 is 0 Å². The van der Waals surface area contributed by atoms with Crippen molar-refractivity contribution >= 4 is 17.3 Å². The Morgan fingerprint density at radius 3 is 1.56 bits per heavy atom. The van der Waals surface area contributed by atoms with Crippen LogP contribution in [0.5, 0.6) is 0 Å². The summed E-state index contributed by atoms with van der Waals surface area (Å²) in [6, 6.07) is 19.2. The van der Waals surface area contributed by atoms with Gasteiger partial charge in [0.2, 0.25) is 0 Å². The largest absolute Gasteiger partial charge is 0.506 e. The summed E-state index contributed by atoms with van der Waals surface area (Å²) in [7, 11) is 0. The lowest BCUT2D eigenvalue weighted by atomic mass is 9.89. The Morgan fingerprint density at radius 2 is 1.16 bits per heavy atom. The lowest BCUT2D eigenvalue weighted by molar-refractivity contribution is -0.122. The lowest BCUT2D eigenvalue weighted by Crippen LogP contribution is -2.23. The third-order valence-corrected chi connectivity index (χ3v) is 4.68. The van der Waals surface area contributed by atoms with Crippen molar-refractivity contribution in [3.8, 4) is 0 Å². The number of hydrogen-bond acceptors (Lipinski definition) is 5. The minimum atomic E-state index is -0.671. The number of nitrogens with zero attached hydrogens (tertiary/aromatic N) is 1. The second-order valence-corrected chi connectivity index (χ2v) is 9.62. The van der Waals surface area contributed by atoms with Gasteiger partial charge in [0.15, 0.2) is 11.6 Å². The van der Waals surface area contributed by atoms with Gasteiger partial charge in [-0.3, -0.25) is 15.0 Å². The molecule has 168 valence electrons. The third kappa shape index (κ3) is 7.05. The number of aliphatic hydroxyl groups excluding tert-OH is 1. The first-order valence-corrected chi connectivity index (χ1v) is 10.6. The Kier molecular flexibility index (Phi) is 7.92. The van der Waals surface area contributed by atoms with E-state index in [0.29, 0.717) is 5.71 Å². The van der Waals surface area contributed by atoms with Gasteiger partial charge in [0.1, 0.15) is 11.5 Å². The van der Waals surface area contributed by atoms with Crippen LogP contribution in [0.3, 0.4) is 0 Å². The molecule has 0 saturated carbocycles. The molecule has 0 atom stereocenters. The van der Waals surface area contributed by atoms with Crippen molar-refractivity contribution in [2.45, 2.75) is 41.5 Å². The van der Waals surface area contributed by atoms with Gasteiger partial charge in [0.05, 0.1) is 5.71 Å². The molecule has 0 saturated heterocycles. The number of hydrogen-bond donors (Lipinski definition) is 2. The summed E-state index contributed by atoms with van der Waals surface area (Å²) in [6.07, 6.45) is 2.42. The molecule has 0 unspecified atom stereocenters. The zero-order valence-corrected chi connectivity index (χ0v) is 19.6.